The standard InChI is InChI=1S/C15H16O2/c16-14(17)13-8-12-6-7-15(13,10-12)9-11-4-2-1-3-5-11/h1-5,8,12H,6-7,9-10H2,(H,16,17). The fourth-order valence-corrected chi connectivity index (χ4v) is 3.51. The Labute approximate surface area is 101 Å². The zero-order valence-electron chi connectivity index (χ0n) is 9.73. The quantitative estimate of drug-likeness (QED) is 0.863. The first-order valence-electron chi connectivity index (χ1n) is 6.19. The van der Waals surface area contributed by atoms with Gasteiger partial charge in [0, 0.05) is 11.0 Å². The molecule has 0 aromatic heterocycles. The van der Waals surface area contributed by atoms with Crippen LogP contribution in [-0.2, 0) is 11.2 Å². The number of benzene rings is 1. The minimum atomic E-state index is -0.719. The lowest BCUT2D eigenvalue weighted by atomic mass is 9.75. The van der Waals surface area contributed by atoms with Gasteiger partial charge >= 0.3 is 5.97 Å². The van der Waals surface area contributed by atoms with Crippen LogP contribution in [0.3, 0.4) is 0 Å². The van der Waals surface area contributed by atoms with E-state index in [9.17, 15) is 9.90 Å². The third-order valence-electron chi connectivity index (χ3n) is 4.24. The van der Waals surface area contributed by atoms with Crippen LogP contribution in [0.25, 0.3) is 0 Å². The fourth-order valence-electron chi connectivity index (χ4n) is 3.51. The Balaban J connectivity index is 1.91. The average Bonchev–Trinajstić information content (AvgIpc) is 2.87. The molecule has 0 aliphatic heterocycles. The topological polar surface area (TPSA) is 37.3 Å². The summed E-state index contributed by atoms with van der Waals surface area (Å²) in [5.74, 6) is -0.215. The Morgan fingerprint density at radius 1 is 1.35 bits per heavy atom. The Bertz CT molecular complexity index is 475. The summed E-state index contributed by atoms with van der Waals surface area (Å²) in [6, 6.07) is 10.2. The van der Waals surface area contributed by atoms with E-state index in [4.69, 9.17) is 0 Å². The molecule has 0 radical (unpaired) electrons. The Kier molecular flexibility index (Phi) is 2.32. The highest BCUT2D eigenvalue weighted by atomic mass is 16.4. The van der Waals surface area contributed by atoms with Crippen molar-refractivity contribution in [2.24, 2.45) is 11.3 Å². The lowest BCUT2D eigenvalue weighted by Crippen LogP contribution is -2.25. The van der Waals surface area contributed by atoms with E-state index in [0.717, 1.165) is 25.7 Å². The highest BCUT2D eigenvalue weighted by molar-refractivity contribution is 5.89. The largest absolute Gasteiger partial charge is 0.478 e. The lowest BCUT2D eigenvalue weighted by molar-refractivity contribution is -0.133. The van der Waals surface area contributed by atoms with Gasteiger partial charge in [0.25, 0.3) is 0 Å². The van der Waals surface area contributed by atoms with Gasteiger partial charge < -0.3 is 5.11 Å². The van der Waals surface area contributed by atoms with Gasteiger partial charge in [0.1, 0.15) is 0 Å². The molecular weight excluding hydrogens is 212 g/mol. The van der Waals surface area contributed by atoms with Gasteiger partial charge in [-0.2, -0.15) is 0 Å². The van der Waals surface area contributed by atoms with Crippen LogP contribution >= 0.6 is 0 Å². The molecule has 1 N–H and O–H groups in total. The van der Waals surface area contributed by atoms with Gasteiger partial charge in [-0.25, -0.2) is 4.79 Å². The molecule has 2 unspecified atom stereocenters. The molecule has 1 fully saturated rings. The first kappa shape index (κ1) is 10.6. The van der Waals surface area contributed by atoms with E-state index in [2.05, 4.69) is 12.1 Å². The third kappa shape index (κ3) is 1.68. The van der Waals surface area contributed by atoms with Crippen molar-refractivity contribution < 1.29 is 9.90 Å². The van der Waals surface area contributed by atoms with E-state index in [1.807, 2.05) is 24.3 Å². The second-order valence-electron chi connectivity index (χ2n) is 5.33. The lowest BCUT2D eigenvalue weighted by Gasteiger charge is -2.28. The molecule has 0 amide bonds. The highest BCUT2D eigenvalue weighted by Gasteiger charge is 2.48. The zero-order valence-corrected chi connectivity index (χ0v) is 9.73. The van der Waals surface area contributed by atoms with Crippen LogP contribution in [0.1, 0.15) is 24.8 Å². The normalized spacial score (nSPS) is 30.4. The maximum atomic E-state index is 11.3. The van der Waals surface area contributed by atoms with E-state index >= 15 is 0 Å². The number of carboxylic acid groups (broad SMARTS) is 1. The number of carboxylic acids is 1. The fraction of sp³-hybridized carbons (Fsp3) is 0.400. The van der Waals surface area contributed by atoms with Gasteiger partial charge in [0.15, 0.2) is 0 Å². The predicted octanol–water partition coefficient (Wildman–Crippen LogP) is 3.04. The van der Waals surface area contributed by atoms with Crippen LogP contribution < -0.4 is 0 Å². The third-order valence-corrected chi connectivity index (χ3v) is 4.24. The number of carbonyl (C=O) groups is 1. The van der Waals surface area contributed by atoms with Crippen LogP contribution in [0.2, 0.25) is 0 Å². The molecular formula is C15H16O2. The molecule has 2 atom stereocenters. The van der Waals surface area contributed by atoms with E-state index in [1.54, 1.807) is 0 Å². The summed E-state index contributed by atoms with van der Waals surface area (Å²) in [6.45, 7) is 0. The molecule has 2 bridgehead atoms. The minimum Gasteiger partial charge on any atom is -0.478 e. The van der Waals surface area contributed by atoms with Crippen LogP contribution in [0.15, 0.2) is 42.0 Å². The maximum Gasteiger partial charge on any atom is 0.331 e. The van der Waals surface area contributed by atoms with Crippen molar-refractivity contribution in [3.05, 3.63) is 47.5 Å². The summed E-state index contributed by atoms with van der Waals surface area (Å²) < 4.78 is 0. The summed E-state index contributed by atoms with van der Waals surface area (Å²) in [5.41, 5.74) is 1.83. The van der Waals surface area contributed by atoms with Crippen molar-refractivity contribution in [3.8, 4) is 0 Å². The first-order valence-corrected chi connectivity index (χ1v) is 6.19. The van der Waals surface area contributed by atoms with Crippen molar-refractivity contribution in [1.29, 1.82) is 0 Å². The summed E-state index contributed by atoms with van der Waals surface area (Å²) >= 11 is 0. The monoisotopic (exact) mass is 228 g/mol. The molecule has 2 aliphatic rings. The van der Waals surface area contributed by atoms with E-state index in [-0.39, 0.29) is 5.41 Å². The van der Waals surface area contributed by atoms with Gasteiger partial charge in [-0.1, -0.05) is 36.4 Å². The summed E-state index contributed by atoms with van der Waals surface area (Å²) in [4.78, 5) is 11.3. The molecule has 0 spiro atoms. The first-order chi connectivity index (χ1) is 8.20. The molecule has 88 valence electrons. The maximum absolute atomic E-state index is 11.3. The van der Waals surface area contributed by atoms with E-state index < -0.39 is 5.97 Å². The van der Waals surface area contributed by atoms with Gasteiger partial charge in [-0.05, 0) is 37.2 Å². The van der Waals surface area contributed by atoms with Crippen LogP contribution in [0, 0.1) is 11.3 Å². The Morgan fingerprint density at radius 2 is 2.12 bits per heavy atom. The van der Waals surface area contributed by atoms with Crippen molar-refractivity contribution in [2.75, 3.05) is 0 Å². The van der Waals surface area contributed by atoms with Gasteiger partial charge in [0.2, 0.25) is 0 Å². The average molecular weight is 228 g/mol. The van der Waals surface area contributed by atoms with E-state index in [0.29, 0.717) is 11.5 Å². The SMILES string of the molecule is O=C(O)C1=CC2CCC1(Cc1ccccc1)C2. The molecule has 3 rings (SSSR count). The number of aliphatic carboxylic acids is 1. The molecule has 17 heavy (non-hydrogen) atoms. The van der Waals surface area contributed by atoms with Crippen molar-refractivity contribution in [2.45, 2.75) is 25.7 Å². The smallest absolute Gasteiger partial charge is 0.331 e. The number of rotatable bonds is 3. The van der Waals surface area contributed by atoms with Crippen molar-refractivity contribution in [1.82, 2.24) is 0 Å². The van der Waals surface area contributed by atoms with Crippen LogP contribution in [0.5, 0.6) is 0 Å². The predicted molar refractivity (Wildman–Crippen MR) is 65.6 cm³/mol. The second-order valence-corrected chi connectivity index (χ2v) is 5.33. The molecule has 2 aliphatic carbocycles. The van der Waals surface area contributed by atoms with Crippen LogP contribution in [0.4, 0.5) is 0 Å². The molecule has 1 saturated carbocycles. The van der Waals surface area contributed by atoms with Gasteiger partial charge in [-0.3, -0.25) is 0 Å². The van der Waals surface area contributed by atoms with Crippen molar-refractivity contribution in [3.63, 3.8) is 0 Å². The Hall–Kier alpha value is -1.57. The molecule has 2 heteroatoms. The molecule has 0 heterocycles. The van der Waals surface area contributed by atoms with Crippen LogP contribution in [-0.4, -0.2) is 11.1 Å². The summed E-state index contributed by atoms with van der Waals surface area (Å²) in [7, 11) is 0. The number of hydrogen-bond acceptors (Lipinski definition) is 1. The van der Waals surface area contributed by atoms with E-state index in [1.165, 1.54) is 5.56 Å². The highest BCUT2D eigenvalue weighted by Crippen LogP contribution is 2.55. The summed E-state index contributed by atoms with van der Waals surface area (Å²) in [6.07, 6.45) is 6.09. The van der Waals surface area contributed by atoms with Gasteiger partial charge in [0.05, 0.1) is 0 Å². The van der Waals surface area contributed by atoms with Gasteiger partial charge in [-0.15, -0.1) is 0 Å². The molecule has 1 aromatic rings. The molecule has 0 saturated heterocycles. The van der Waals surface area contributed by atoms with Crippen molar-refractivity contribution >= 4 is 5.97 Å². The Morgan fingerprint density at radius 3 is 2.76 bits per heavy atom. The zero-order chi connectivity index (χ0) is 11.9. The number of allylic oxidation sites excluding steroid dienone is 1. The number of fused-ring (bicyclic) bond motifs is 2. The number of hydrogen-bond donors (Lipinski definition) is 1. The molecule has 1 aromatic carbocycles. The summed E-state index contributed by atoms with van der Waals surface area (Å²) in [5, 5.41) is 9.31. The minimum absolute atomic E-state index is 0.0855. The molecule has 2 nitrogen and oxygen atoms in total. The second kappa shape index (κ2) is 3.73.